The van der Waals surface area contributed by atoms with Gasteiger partial charge in [0.25, 0.3) is 0 Å². The van der Waals surface area contributed by atoms with Crippen LogP contribution in [0.25, 0.3) is 0 Å². The number of hydrogen-bond acceptors (Lipinski definition) is 5. The van der Waals surface area contributed by atoms with E-state index in [1.54, 1.807) is 6.20 Å². The minimum Gasteiger partial charge on any atom is -0.465 e. The van der Waals surface area contributed by atoms with E-state index in [-0.39, 0.29) is 5.97 Å². The number of esters is 1. The van der Waals surface area contributed by atoms with Crippen LogP contribution in [0.1, 0.15) is 10.4 Å². The number of aromatic nitrogens is 1. The summed E-state index contributed by atoms with van der Waals surface area (Å²) >= 11 is 0. The molecule has 16 heavy (non-hydrogen) atoms. The van der Waals surface area contributed by atoms with Crippen molar-refractivity contribution in [2.75, 3.05) is 38.2 Å². The van der Waals surface area contributed by atoms with Gasteiger partial charge in [-0.2, -0.15) is 0 Å². The molecule has 1 aromatic heterocycles. The second-order valence-corrected chi connectivity index (χ2v) is 3.66. The SMILES string of the molecule is COC(=O)c1cncc(N2CCNCC2)c1. The van der Waals surface area contributed by atoms with Gasteiger partial charge >= 0.3 is 5.97 Å². The minimum atomic E-state index is -0.343. The number of methoxy groups -OCH3 is 1. The van der Waals surface area contributed by atoms with Crippen molar-refractivity contribution in [3.63, 3.8) is 0 Å². The minimum absolute atomic E-state index is 0.343. The maximum absolute atomic E-state index is 11.4. The standard InChI is InChI=1S/C11H15N3O2/c1-16-11(15)9-6-10(8-13-7-9)14-4-2-12-3-5-14/h6-8,12H,2-5H2,1H3. The summed E-state index contributed by atoms with van der Waals surface area (Å²) in [6.45, 7) is 3.80. The molecular formula is C11H15N3O2. The van der Waals surface area contributed by atoms with Crippen LogP contribution in [-0.2, 0) is 4.74 Å². The van der Waals surface area contributed by atoms with E-state index in [4.69, 9.17) is 0 Å². The van der Waals surface area contributed by atoms with E-state index < -0.39 is 0 Å². The quantitative estimate of drug-likeness (QED) is 0.727. The fraction of sp³-hybridized carbons (Fsp3) is 0.455. The summed E-state index contributed by atoms with van der Waals surface area (Å²) in [6, 6.07) is 1.82. The molecule has 1 aliphatic heterocycles. The predicted molar refractivity (Wildman–Crippen MR) is 60.7 cm³/mol. The van der Waals surface area contributed by atoms with Crippen LogP contribution in [0.5, 0.6) is 0 Å². The average molecular weight is 221 g/mol. The fourth-order valence-corrected chi connectivity index (χ4v) is 1.75. The monoisotopic (exact) mass is 221 g/mol. The Morgan fingerprint density at radius 2 is 2.19 bits per heavy atom. The molecule has 2 rings (SSSR count). The third-order valence-electron chi connectivity index (χ3n) is 2.63. The highest BCUT2D eigenvalue weighted by Crippen LogP contribution is 2.15. The zero-order valence-corrected chi connectivity index (χ0v) is 9.27. The van der Waals surface area contributed by atoms with E-state index >= 15 is 0 Å². The maximum Gasteiger partial charge on any atom is 0.339 e. The zero-order chi connectivity index (χ0) is 11.4. The van der Waals surface area contributed by atoms with Gasteiger partial charge in [-0.05, 0) is 6.07 Å². The number of rotatable bonds is 2. The molecule has 1 fully saturated rings. The molecule has 0 spiro atoms. The lowest BCUT2D eigenvalue weighted by atomic mass is 10.2. The topological polar surface area (TPSA) is 54.5 Å². The van der Waals surface area contributed by atoms with E-state index in [0.717, 1.165) is 31.9 Å². The van der Waals surface area contributed by atoms with E-state index in [2.05, 4.69) is 19.9 Å². The van der Waals surface area contributed by atoms with Crippen molar-refractivity contribution in [2.24, 2.45) is 0 Å². The Morgan fingerprint density at radius 1 is 1.44 bits per heavy atom. The number of nitrogens with one attached hydrogen (secondary N) is 1. The molecular weight excluding hydrogens is 206 g/mol. The highest BCUT2D eigenvalue weighted by atomic mass is 16.5. The maximum atomic E-state index is 11.4. The van der Waals surface area contributed by atoms with Crippen LogP contribution in [0, 0.1) is 0 Å². The number of carbonyl (C=O) groups excluding carboxylic acids is 1. The van der Waals surface area contributed by atoms with Gasteiger partial charge in [0.15, 0.2) is 0 Å². The van der Waals surface area contributed by atoms with Gasteiger partial charge in [-0.25, -0.2) is 4.79 Å². The second-order valence-electron chi connectivity index (χ2n) is 3.66. The smallest absolute Gasteiger partial charge is 0.339 e. The molecule has 2 heterocycles. The summed E-state index contributed by atoms with van der Waals surface area (Å²) in [6.07, 6.45) is 3.30. The Morgan fingerprint density at radius 3 is 2.88 bits per heavy atom. The van der Waals surface area contributed by atoms with Gasteiger partial charge in [0.2, 0.25) is 0 Å². The normalized spacial score (nSPS) is 15.9. The molecule has 1 aromatic rings. The first kappa shape index (κ1) is 10.9. The number of nitrogens with zero attached hydrogens (tertiary/aromatic N) is 2. The second kappa shape index (κ2) is 4.94. The first-order valence-corrected chi connectivity index (χ1v) is 5.30. The number of hydrogen-bond donors (Lipinski definition) is 1. The highest BCUT2D eigenvalue weighted by Gasteiger charge is 2.13. The van der Waals surface area contributed by atoms with E-state index in [0.29, 0.717) is 5.56 Å². The van der Waals surface area contributed by atoms with Crippen LogP contribution in [-0.4, -0.2) is 44.2 Å². The highest BCUT2D eigenvalue weighted by molar-refractivity contribution is 5.89. The molecule has 0 aliphatic carbocycles. The van der Waals surface area contributed by atoms with Crippen LogP contribution in [0.15, 0.2) is 18.5 Å². The molecule has 1 N–H and O–H groups in total. The lowest BCUT2D eigenvalue weighted by Gasteiger charge is -2.29. The van der Waals surface area contributed by atoms with Crippen molar-refractivity contribution in [1.82, 2.24) is 10.3 Å². The van der Waals surface area contributed by atoms with Gasteiger partial charge in [-0.1, -0.05) is 0 Å². The van der Waals surface area contributed by atoms with E-state index in [9.17, 15) is 4.79 Å². The van der Waals surface area contributed by atoms with Crippen LogP contribution >= 0.6 is 0 Å². The Hall–Kier alpha value is -1.62. The zero-order valence-electron chi connectivity index (χ0n) is 9.27. The number of anilines is 1. The number of pyridine rings is 1. The van der Waals surface area contributed by atoms with Gasteiger partial charge in [0.05, 0.1) is 24.6 Å². The largest absolute Gasteiger partial charge is 0.465 e. The summed E-state index contributed by atoms with van der Waals surface area (Å²) in [5, 5.41) is 3.28. The third-order valence-corrected chi connectivity index (χ3v) is 2.63. The van der Waals surface area contributed by atoms with Gasteiger partial charge < -0.3 is 15.0 Å². The molecule has 0 radical (unpaired) electrons. The first-order chi connectivity index (χ1) is 7.81. The van der Waals surface area contributed by atoms with Gasteiger partial charge in [0.1, 0.15) is 0 Å². The predicted octanol–water partition coefficient (Wildman–Crippen LogP) is 0.278. The molecule has 0 unspecified atom stereocenters. The summed E-state index contributed by atoms with van der Waals surface area (Å²) in [5.41, 5.74) is 1.47. The van der Waals surface area contributed by atoms with Crippen LogP contribution in [0.2, 0.25) is 0 Å². The third kappa shape index (κ3) is 2.30. The Kier molecular flexibility index (Phi) is 3.36. The van der Waals surface area contributed by atoms with E-state index in [1.165, 1.54) is 13.3 Å². The van der Waals surface area contributed by atoms with Crippen LogP contribution < -0.4 is 10.2 Å². The molecule has 5 heteroatoms. The first-order valence-electron chi connectivity index (χ1n) is 5.30. The molecule has 1 aliphatic rings. The number of carbonyl (C=O) groups is 1. The average Bonchev–Trinajstić information content (AvgIpc) is 2.39. The Balaban J connectivity index is 2.17. The Labute approximate surface area is 94.4 Å². The summed E-state index contributed by atoms with van der Waals surface area (Å²) in [5.74, 6) is -0.343. The summed E-state index contributed by atoms with van der Waals surface area (Å²) in [7, 11) is 1.37. The fourth-order valence-electron chi connectivity index (χ4n) is 1.75. The van der Waals surface area contributed by atoms with Crippen molar-refractivity contribution in [2.45, 2.75) is 0 Å². The molecule has 0 saturated carbocycles. The van der Waals surface area contributed by atoms with Crippen molar-refractivity contribution in [1.29, 1.82) is 0 Å². The van der Waals surface area contributed by atoms with Gasteiger partial charge in [-0.3, -0.25) is 4.98 Å². The van der Waals surface area contributed by atoms with Crippen molar-refractivity contribution < 1.29 is 9.53 Å². The Bertz CT molecular complexity index is 375. The molecule has 0 atom stereocenters. The molecule has 0 aromatic carbocycles. The molecule has 1 saturated heterocycles. The molecule has 0 amide bonds. The number of piperazine rings is 1. The molecule has 86 valence electrons. The lowest BCUT2D eigenvalue weighted by molar-refractivity contribution is 0.0600. The summed E-state index contributed by atoms with van der Waals surface area (Å²) < 4.78 is 4.67. The molecule has 5 nitrogen and oxygen atoms in total. The van der Waals surface area contributed by atoms with Crippen LogP contribution in [0.3, 0.4) is 0 Å². The van der Waals surface area contributed by atoms with Crippen molar-refractivity contribution in [3.8, 4) is 0 Å². The van der Waals surface area contributed by atoms with Gasteiger partial charge in [-0.15, -0.1) is 0 Å². The van der Waals surface area contributed by atoms with Crippen molar-refractivity contribution in [3.05, 3.63) is 24.0 Å². The molecule has 0 bridgehead atoms. The number of ether oxygens (including phenoxy) is 1. The van der Waals surface area contributed by atoms with Crippen molar-refractivity contribution >= 4 is 11.7 Å². The lowest BCUT2D eigenvalue weighted by Crippen LogP contribution is -2.43. The van der Waals surface area contributed by atoms with Crippen LogP contribution in [0.4, 0.5) is 5.69 Å². The summed E-state index contributed by atoms with van der Waals surface area (Å²) in [4.78, 5) is 17.6. The van der Waals surface area contributed by atoms with Gasteiger partial charge in [0, 0.05) is 32.4 Å². The van der Waals surface area contributed by atoms with E-state index in [1.807, 2.05) is 6.07 Å².